The molecule has 0 aliphatic carbocycles. The van der Waals surface area contributed by atoms with Crippen LogP contribution in [0.4, 0.5) is 0 Å². The molecule has 0 atom stereocenters. The predicted molar refractivity (Wildman–Crippen MR) is 132 cm³/mol. The molecule has 0 aliphatic heterocycles. The summed E-state index contributed by atoms with van der Waals surface area (Å²) in [6, 6.07) is 26.4. The van der Waals surface area contributed by atoms with Crippen LogP contribution in [0.15, 0.2) is 84.9 Å². The van der Waals surface area contributed by atoms with Crippen molar-refractivity contribution in [3.63, 3.8) is 0 Å². The summed E-state index contributed by atoms with van der Waals surface area (Å²) in [5.41, 5.74) is 7.38. The van der Waals surface area contributed by atoms with Crippen LogP contribution in [0.2, 0.25) is 0 Å². The van der Waals surface area contributed by atoms with Gasteiger partial charge in [0.1, 0.15) is 12.4 Å². The lowest BCUT2D eigenvalue weighted by molar-refractivity contribution is -0.143. The number of benzene rings is 3. The summed E-state index contributed by atoms with van der Waals surface area (Å²) in [4.78, 5) is 36.0. The zero-order valence-electron chi connectivity index (χ0n) is 19.6. The Labute approximate surface area is 205 Å². The highest BCUT2D eigenvalue weighted by Gasteiger charge is 2.09. The van der Waals surface area contributed by atoms with E-state index in [0.29, 0.717) is 30.9 Å². The Bertz CT molecular complexity index is 1070. The second-order valence-electron chi connectivity index (χ2n) is 7.96. The second-order valence-corrected chi connectivity index (χ2v) is 7.96. The van der Waals surface area contributed by atoms with Crippen molar-refractivity contribution in [2.45, 2.75) is 38.7 Å². The number of esters is 1. The fourth-order valence-corrected chi connectivity index (χ4v) is 3.28. The van der Waals surface area contributed by atoms with Gasteiger partial charge in [-0.25, -0.2) is 0 Å². The van der Waals surface area contributed by atoms with Crippen LogP contribution in [0.5, 0.6) is 5.75 Å². The zero-order valence-corrected chi connectivity index (χ0v) is 19.6. The monoisotopic (exact) mass is 474 g/mol. The van der Waals surface area contributed by atoms with Crippen molar-refractivity contribution >= 4 is 17.8 Å². The first-order valence-corrected chi connectivity index (χ1v) is 11.7. The van der Waals surface area contributed by atoms with Crippen molar-refractivity contribution in [3.8, 4) is 5.75 Å². The quantitative estimate of drug-likeness (QED) is 0.231. The molecular weight excluding hydrogens is 444 g/mol. The van der Waals surface area contributed by atoms with Gasteiger partial charge in [-0.1, -0.05) is 60.7 Å². The van der Waals surface area contributed by atoms with Gasteiger partial charge in [-0.2, -0.15) is 0 Å². The van der Waals surface area contributed by atoms with Gasteiger partial charge in [0.15, 0.2) is 0 Å². The van der Waals surface area contributed by atoms with E-state index in [9.17, 15) is 14.4 Å². The number of carbonyl (C=O) groups is 3. The molecule has 0 saturated heterocycles. The minimum atomic E-state index is -0.439. The summed E-state index contributed by atoms with van der Waals surface area (Å²) in [6.07, 6.45) is 2.19. The number of carbonyl (C=O) groups excluding carboxylic acids is 3. The molecule has 3 aromatic carbocycles. The van der Waals surface area contributed by atoms with E-state index in [2.05, 4.69) is 10.9 Å². The molecule has 0 radical (unpaired) electrons. The van der Waals surface area contributed by atoms with Gasteiger partial charge in [-0.15, -0.1) is 0 Å². The average molecular weight is 475 g/mol. The van der Waals surface area contributed by atoms with Gasteiger partial charge in [-0.05, 0) is 54.7 Å². The summed E-state index contributed by atoms with van der Waals surface area (Å²) < 4.78 is 10.9. The lowest BCUT2D eigenvalue weighted by atomic mass is 10.1. The molecule has 3 aromatic rings. The molecule has 0 aromatic heterocycles. The van der Waals surface area contributed by atoms with Crippen molar-refractivity contribution in [2.75, 3.05) is 6.61 Å². The number of hydrogen-bond acceptors (Lipinski definition) is 5. The molecule has 0 spiro atoms. The average Bonchev–Trinajstić information content (AvgIpc) is 2.90. The maximum absolute atomic E-state index is 12.2. The fourth-order valence-electron chi connectivity index (χ4n) is 3.28. The Balaban J connectivity index is 1.25. The van der Waals surface area contributed by atoms with E-state index in [1.165, 1.54) is 5.56 Å². The van der Waals surface area contributed by atoms with Crippen LogP contribution >= 0.6 is 0 Å². The van der Waals surface area contributed by atoms with Gasteiger partial charge >= 0.3 is 5.97 Å². The molecule has 0 bridgehead atoms. The van der Waals surface area contributed by atoms with E-state index >= 15 is 0 Å². The van der Waals surface area contributed by atoms with Crippen LogP contribution in [0.1, 0.15) is 47.2 Å². The third kappa shape index (κ3) is 9.71. The lowest BCUT2D eigenvalue weighted by Crippen LogP contribution is -2.41. The van der Waals surface area contributed by atoms with Gasteiger partial charge in [0.2, 0.25) is 5.91 Å². The van der Waals surface area contributed by atoms with Crippen LogP contribution in [-0.2, 0) is 27.4 Å². The van der Waals surface area contributed by atoms with Crippen molar-refractivity contribution in [1.82, 2.24) is 10.9 Å². The van der Waals surface area contributed by atoms with E-state index in [4.69, 9.17) is 9.47 Å². The molecule has 0 heterocycles. The molecule has 182 valence electrons. The van der Waals surface area contributed by atoms with E-state index in [0.717, 1.165) is 18.4 Å². The standard InChI is InChI=1S/C28H30N2O5/c31-26(14-7-15-27(32)34-20-8-13-22-9-3-1-4-10-22)29-30-28(33)24-16-18-25(19-17-24)35-21-23-11-5-2-6-12-23/h1-6,9-12,16-19H,7-8,13-15,20-21H2,(H,29,31)(H,30,33). The van der Waals surface area contributed by atoms with Crippen molar-refractivity contribution in [2.24, 2.45) is 0 Å². The van der Waals surface area contributed by atoms with Crippen LogP contribution in [0, 0.1) is 0 Å². The summed E-state index contributed by atoms with van der Waals surface area (Å²) in [6.45, 7) is 0.787. The topological polar surface area (TPSA) is 93.7 Å². The minimum absolute atomic E-state index is 0.103. The molecule has 0 unspecified atom stereocenters. The number of nitrogens with one attached hydrogen (secondary N) is 2. The zero-order chi connectivity index (χ0) is 24.7. The number of ether oxygens (including phenoxy) is 2. The number of hydrazine groups is 1. The summed E-state index contributed by atoms with van der Waals surface area (Å²) in [7, 11) is 0. The Morgan fingerprint density at radius 3 is 2.03 bits per heavy atom. The highest BCUT2D eigenvalue weighted by Crippen LogP contribution is 2.14. The van der Waals surface area contributed by atoms with Crippen LogP contribution in [0.25, 0.3) is 0 Å². The summed E-state index contributed by atoms with van der Waals surface area (Å²) >= 11 is 0. The summed E-state index contributed by atoms with van der Waals surface area (Å²) in [5, 5.41) is 0. The first kappa shape index (κ1) is 25.5. The van der Waals surface area contributed by atoms with E-state index in [1.807, 2.05) is 60.7 Å². The number of rotatable bonds is 12. The Kier molecular flexibility index (Phi) is 10.3. The van der Waals surface area contributed by atoms with Gasteiger partial charge < -0.3 is 9.47 Å². The third-order valence-corrected chi connectivity index (χ3v) is 5.18. The molecule has 7 nitrogen and oxygen atoms in total. The number of amides is 2. The van der Waals surface area contributed by atoms with Gasteiger partial charge in [0.25, 0.3) is 5.91 Å². The molecule has 2 N–H and O–H groups in total. The minimum Gasteiger partial charge on any atom is -0.489 e. The van der Waals surface area contributed by atoms with Gasteiger partial charge in [-0.3, -0.25) is 25.2 Å². The Morgan fingerprint density at radius 1 is 0.686 bits per heavy atom. The van der Waals surface area contributed by atoms with Crippen LogP contribution < -0.4 is 15.6 Å². The molecule has 3 rings (SSSR count). The van der Waals surface area contributed by atoms with Crippen molar-refractivity contribution in [3.05, 3.63) is 102 Å². The SMILES string of the molecule is O=C(CCCC(=O)OCCCc1ccccc1)NNC(=O)c1ccc(OCc2ccccc2)cc1. The largest absolute Gasteiger partial charge is 0.489 e. The molecular formula is C28H30N2O5. The highest BCUT2D eigenvalue weighted by atomic mass is 16.5. The smallest absolute Gasteiger partial charge is 0.305 e. The maximum Gasteiger partial charge on any atom is 0.305 e. The molecule has 0 saturated carbocycles. The second kappa shape index (κ2) is 14.2. The summed E-state index contributed by atoms with van der Waals surface area (Å²) in [5.74, 6) is -0.505. The van der Waals surface area contributed by atoms with Crippen molar-refractivity contribution < 1.29 is 23.9 Å². The first-order valence-electron chi connectivity index (χ1n) is 11.7. The molecule has 0 aliphatic rings. The lowest BCUT2D eigenvalue weighted by Gasteiger charge is -2.09. The van der Waals surface area contributed by atoms with E-state index < -0.39 is 5.91 Å². The number of hydrogen-bond donors (Lipinski definition) is 2. The van der Waals surface area contributed by atoms with Gasteiger partial charge in [0.05, 0.1) is 6.61 Å². The van der Waals surface area contributed by atoms with E-state index in [-0.39, 0.29) is 24.7 Å². The molecule has 35 heavy (non-hydrogen) atoms. The van der Waals surface area contributed by atoms with Gasteiger partial charge in [0, 0.05) is 18.4 Å². The third-order valence-electron chi connectivity index (χ3n) is 5.18. The van der Waals surface area contributed by atoms with E-state index in [1.54, 1.807) is 24.3 Å². The fraction of sp³-hybridized carbons (Fsp3) is 0.250. The predicted octanol–water partition coefficient (Wildman–Crippen LogP) is 4.37. The van der Waals surface area contributed by atoms with Crippen molar-refractivity contribution in [1.29, 1.82) is 0 Å². The van der Waals surface area contributed by atoms with Crippen LogP contribution in [-0.4, -0.2) is 24.4 Å². The molecule has 0 fully saturated rings. The molecule has 2 amide bonds. The Hall–Kier alpha value is -4.13. The van der Waals surface area contributed by atoms with Crippen LogP contribution in [0.3, 0.4) is 0 Å². The highest BCUT2D eigenvalue weighted by molar-refractivity contribution is 5.95. The maximum atomic E-state index is 12.2. The number of aryl methyl sites for hydroxylation is 1. The normalized spacial score (nSPS) is 10.3. The molecule has 7 heteroatoms. The first-order chi connectivity index (χ1) is 17.1. The Morgan fingerprint density at radius 2 is 1.34 bits per heavy atom.